The normalized spacial score (nSPS) is 10.6. The van der Waals surface area contributed by atoms with Gasteiger partial charge in [0.2, 0.25) is 5.91 Å². The summed E-state index contributed by atoms with van der Waals surface area (Å²) in [5.74, 6) is -0.463. The zero-order valence-corrected chi connectivity index (χ0v) is 7.15. The quantitative estimate of drug-likeness (QED) is 0.707. The molecule has 0 atom stereocenters. The van der Waals surface area contributed by atoms with Crippen LogP contribution in [0.3, 0.4) is 0 Å². The SMILES string of the molecule is NC(=O)C=Cc1sccc1Cl. The van der Waals surface area contributed by atoms with Crippen LogP contribution in [0.2, 0.25) is 5.02 Å². The molecule has 0 fully saturated rings. The number of hydrogen-bond donors (Lipinski definition) is 1. The van der Waals surface area contributed by atoms with Crippen LogP contribution in [0.15, 0.2) is 17.5 Å². The van der Waals surface area contributed by atoms with Crippen LogP contribution in [0.4, 0.5) is 0 Å². The number of halogens is 1. The number of carbonyl (C=O) groups excluding carboxylic acids is 1. The Labute approximate surface area is 73.3 Å². The van der Waals surface area contributed by atoms with Crippen LogP contribution in [-0.4, -0.2) is 5.91 Å². The van der Waals surface area contributed by atoms with Crippen molar-refractivity contribution in [2.75, 3.05) is 0 Å². The van der Waals surface area contributed by atoms with Gasteiger partial charge in [-0.15, -0.1) is 11.3 Å². The van der Waals surface area contributed by atoms with E-state index in [0.717, 1.165) is 4.88 Å². The maximum absolute atomic E-state index is 10.3. The van der Waals surface area contributed by atoms with Crippen LogP contribution in [-0.2, 0) is 4.79 Å². The Kier molecular flexibility index (Phi) is 2.68. The highest BCUT2D eigenvalue weighted by atomic mass is 35.5. The summed E-state index contributed by atoms with van der Waals surface area (Å²) < 4.78 is 0. The molecule has 0 saturated heterocycles. The summed E-state index contributed by atoms with van der Waals surface area (Å²) >= 11 is 7.20. The van der Waals surface area contributed by atoms with Gasteiger partial charge in [0.05, 0.1) is 5.02 Å². The van der Waals surface area contributed by atoms with Crippen LogP contribution in [0.1, 0.15) is 4.88 Å². The van der Waals surface area contributed by atoms with E-state index in [-0.39, 0.29) is 0 Å². The number of primary amides is 1. The Bertz CT molecular complexity index is 292. The predicted octanol–water partition coefficient (Wildman–Crippen LogP) is 1.90. The molecule has 1 rings (SSSR count). The van der Waals surface area contributed by atoms with Crippen molar-refractivity contribution in [3.63, 3.8) is 0 Å². The van der Waals surface area contributed by atoms with Gasteiger partial charge in [-0.25, -0.2) is 0 Å². The molecule has 2 nitrogen and oxygen atoms in total. The van der Waals surface area contributed by atoms with Gasteiger partial charge < -0.3 is 5.73 Å². The standard InChI is InChI=1S/C7H6ClNOS/c8-5-3-4-11-6(5)1-2-7(9)10/h1-4H,(H2,9,10). The minimum atomic E-state index is -0.463. The summed E-state index contributed by atoms with van der Waals surface area (Å²) in [5, 5.41) is 2.50. The lowest BCUT2D eigenvalue weighted by Gasteiger charge is -1.84. The topological polar surface area (TPSA) is 43.1 Å². The van der Waals surface area contributed by atoms with Crippen molar-refractivity contribution in [3.05, 3.63) is 27.4 Å². The van der Waals surface area contributed by atoms with E-state index in [4.69, 9.17) is 17.3 Å². The predicted molar refractivity (Wildman–Crippen MR) is 47.6 cm³/mol. The van der Waals surface area contributed by atoms with Gasteiger partial charge in [0.25, 0.3) is 0 Å². The van der Waals surface area contributed by atoms with E-state index in [9.17, 15) is 4.79 Å². The van der Waals surface area contributed by atoms with Crippen molar-refractivity contribution < 1.29 is 4.79 Å². The number of nitrogens with two attached hydrogens (primary N) is 1. The summed E-state index contributed by atoms with van der Waals surface area (Å²) in [5.41, 5.74) is 4.89. The van der Waals surface area contributed by atoms with Crippen LogP contribution in [0, 0.1) is 0 Å². The molecule has 4 heteroatoms. The minimum Gasteiger partial charge on any atom is -0.366 e. The van der Waals surface area contributed by atoms with E-state index in [1.165, 1.54) is 17.4 Å². The Morgan fingerprint density at radius 1 is 1.73 bits per heavy atom. The fraction of sp³-hybridized carbons (Fsp3) is 0. The molecular weight excluding hydrogens is 182 g/mol. The van der Waals surface area contributed by atoms with Crippen LogP contribution >= 0.6 is 22.9 Å². The van der Waals surface area contributed by atoms with Gasteiger partial charge in [0.15, 0.2) is 0 Å². The number of rotatable bonds is 2. The minimum absolute atomic E-state index is 0.463. The van der Waals surface area contributed by atoms with Gasteiger partial charge >= 0.3 is 0 Å². The number of thiophene rings is 1. The average molecular weight is 188 g/mol. The Morgan fingerprint density at radius 3 is 2.91 bits per heavy atom. The first kappa shape index (κ1) is 8.30. The molecule has 11 heavy (non-hydrogen) atoms. The summed E-state index contributed by atoms with van der Waals surface area (Å²) in [6.45, 7) is 0. The lowest BCUT2D eigenvalue weighted by molar-refractivity contribution is -0.113. The van der Waals surface area contributed by atoms with Crippen molar-refractivity contribution in [1.29, 1.82) is 0 Å². The van der Waals surface area contributed by atoms with Crippen molar-refractivity contribution in [1.82, 2.24) is 0 Å². The van der Waals surface area contributed by atoms with E-state index in [1.807, 2.05) is 5.38 Å². The second-order valence-electron chi connectivity index (χ2n) is 1.87. The molecule has 0 aliphatic carbocycles. The van der Waals surface area contributed by atoms with Crippen LogP contribution in [0.5, 0.6) is 0 Å². The van der Waals surface area contributed by atoms with E-state index in [1.54, 1.807) is 12.1 Å². The summed E-state index contributed by atoms with van der Waals surface area (Å²) in [7, 11) is 0. The molecular formula is C7H6ClNOS. The third kappa shape index (κ3) is 2.37. The highest BCUT2D eigenvalue weighted by Crippen LogP contribution is 2.22. The van der Waals surface area contributed by atoms with Crippen molar-refractivity contribution in [2.24, 2.45) is 5.73 Å². The van der Waals surface area contributed by atoms with Crippen molar-refractivity contribution >= 4 is 34.9 Å². The van der Waals surface area contributed by atoms with E-state index in [0.29, 0.717) is 5.02 Å². The second-order valence-corrected chi connectivity index (χ2v) is 3.22. The third-order valence-corrected chi connectivity index (χ3v) is 2.37. The average Bonchev–Trinajstić information content (AvgIpc) is 2.31. The van der Waals surface area contributed by atoms with Crippen LogP contribution < -0.4 is 5.73 Å². The number of amides is 1. The van der Waals surface area contributed by atoms with Crippen molar-refractivity contribution in [3.8, 4) is 0 Å². The van der Waals surface area contributed by atoms with E-state index in [2.05, 4.69) is 0 Å². The smallest absolute Gasteiger partial charge is 0.241 e. The highest BCUT2D eigenvalue weighted by Gasteiger charge is 1.95. The molecule has 0 spiro atoms. The van der Waals surface area contributed by atoms with Gasteiger partial charge in [-0.3, -0.25) is 4.79 Å². The van der Waals surface area contributed by atoms with E-state index >= 15 is 0 Å². The molecule has 58 valence electrons. The first-order valence-electron chi connectivity index (χ1n) is 2.90. The molecule has 0 saturated carbocycles. The maximum atomic E-state index is 10.3. The van der Waals surface area contributed by atoms with E-state index < -0.39 is 5.91 Å². The fourth-order valence-electron chi connectivity index (χ4n) is 0.582. The summed E-state index contributed by atoms with van der Waals surface area (Å²) in [6.07, 6.45) is 2.90. The van der Waals surface area contributed by atoms with Crippen LogP contribution in [0.25, 0.3) is 6.08 Å². The molecule has 1 heterocycles. The highest BCUT2D eigenvalue weighted by molar-refractivity contribution is 7.11. The summed E-state index contributed by atoms with van der Waals surface area (Å²) in [6, 6.07) is 1.77. The molecule has 0 aromatic carbocycles. The summed E-state index contributed by atoms with van der Waals surface area (Å²) in [4.78, 5) is 11.2. The maximum Gasteiger partial charge on any atom is 0.241 e. The molecule has 2 N–H and O–H groups in total. The Hall–Kier alpha value is -0.800. The van der Waals surface area contributed by atoms with Crippen molar-refractivity contribution in [2.45, 2.75) is 0 Å². The van der Waals surface area contributed by atoms with Gasteiger partial charge in [-0.05, 0) is 17.5 Å². The molecule has 1 aromatic heterocycles. The third-order valence-electron chi connectivity index (χ3n) is 1.04. The molecule has 1 aromatic rings. The first-order valence-corrected chi connectivity index (χ1v) is 4.16. The molecule has 0 aliphatic heterocycles. The molecule has 0 radical (unpaired) electrons. The molecule has 0 unspecified atom stereocenters. The van der Waals surface area contributed by atoms with Gasteiger partial charge in [-0.1, -0.05) is 11.6 Å². The van der Waals surface area contributed by atoms with Gasteiger partial charge in [0.1, 0.15) is 0 Å². The molecule has 0 aliphatic rings. The lowest BCUT2D eigenvalue weighted by atomic mass is 10.4. The number of carbonyl (C=O) groups is 1. The largest absolute Gasteiger partial charge is 0.366 e. The lowest BCUT2D eigenvalue weighted by Crippen LogP contribution is -2.04. The zero-order chi connectivity index (χ0) is 8.27. The monoisotopic (exact) mass is 187 g/mol. The zero-order valence-electron chi connectivity index (χ0n) is 5.58. The van der Waals surface area contributed by atoms with Gasteiger partial charge in [0, 0.05) is 11.0 Å². The Morgan fingerprint density at radius 2 is 2.45 bits per heavy atom. The second kappa shape index (κ2) is 3.55. The van der Waals surface area contributed by atoms with Gasteiger partial charge in [-0.2, -0.15) is 0 Å². The Balaban J connectivity index is 2.79. The molecule has 0 bridgehead atoms. The first-order chi connectivity index (χ1) is 5.20. The molecule has 1 amide bonds. The number of hydrogen-bond acceptors (Lipinski definition) is 2. The fourth-order valence-corrected chi connectivity index (χ4v) is 1.59.